The fourth-order valence-electron chi connectivity index (χ4n) is 10.7. The van der Waals surface area contributed by atoms with E-state index in [2.05, 4.69) is 40.7 Å². The van der Waals surface area contributed by atoms with Gasteiger partial charge in [0, 0.05) is 12.0 Å². The van der Waals surface area contributed by atoms with E-state index in [0.717, 1.165) is 38.5 Å². The largest absolute Gasteiger partial charge is 0.481 e. The molecule has 0 aromatic rings. The number of fused-ring (bicyclic) bond motifs is 7. The first-order valence-electron chi connectivity index (χ1n) is 13.9. The van der Waals surface area contributed by atoms with E-state index in [9.17, 15) is 20.1 Å². The molecule has 0 aliphatic heterocycles. The van der Waals surface area contributed by atoms with Gasteiger partial charge in [-0.3, -0.25) is 4.79 Å². The van der Waals surface area contributed by atoms with Crippen LogP contribution in [-0.2, 0) is 4.79 Å². The lowest BCUT2D eigenvalue weighted by Gasteiger charge is -2.71. The first-order chi connectivity index (χ1) is 15.7. The molecule has 3 N–H and O–H groups in total. The number of aliphatic carboxylic acids is 1. The Balaban J connectivity index is 1.58. The highest BCUT2D eigenvalue weighted by Crippen LogP contribution is 2.75. The zero-order chi connectivity index (χ0) is 24.9. The zero-order valence-electron chi connectivity index (χ0n) is 22.4. The fourth-order valence-corrected chi connectivity index (χ4v) is 10.7. The van der Waals surface area contributed by atoms with Crippen LogP contribution in [0.5, 0.6) is 0 Å². The summed E-state index contributed by atoms with van der Waals surface area (Å²) in [6, 6.07) is 0. The van der Waals surface area contributed by atoms with Crippen molar-refractivity contribution >= 4 is 5.97 Å². The monoisotopic (exact) mass is 472 g/mol. The van der Waals surface area contributed by atoms with Crippen molar-refractivity contribution in [3.05, 3.63) is 11.6 Å². The molecule has 0 aromatic heterocycles. The number of hydrogen-bond acceptors (Lipinski definition) is 3. The van der Waals surface area contributed by atoms with Crippen LogP contribution in [0.2, 0.25) is 0 Å². The SMILES string of the molecule is CC1(C)[C@H](O)CC[C@]2(C)[C@H]3CC=C4[C@@H]5C[C@](C)(C(=O)O)CC[C@]5(CO)CC[C@@]4(C)[C@]3(C)CC[C@@H]12. The maximum atomic E-state index is 12.3. The summed E-state index contributed by atoms with van der Waals surface area (Å²) in [6.45, 7) is 14.3. The molecule has 0 amide bonds. The second kappa shape index (κ2) is 7.34. The third-order valence-corrected chi connectivity index (χ3v) is 13.4. The van der Waals surface area contributed by atoms with Gasteiger partial charge >= 0.3 is 5.97 Å². The Morgan fingerprint density at radius 1 is 0.941 bits per heavy atom. The van der Waals surface area contributed by atoms with Gasteiger partial charge in [0.2, 0.25) is 0 Å². The smallest absolute Gasteiger partial charge is 0.309 e. The summed E-state index contributed by atoms with van der Waals surface area (Å²) in [5.74, 6) is 0.600. The average Bonchev–Trinajstić information content (AvgIpc) is 2.77. The van der Waals surface area contributed by atoms with Crippen LogP contribution in [0.4, 0.5) is 0 Å². The van der Waals surface area contributed by atoms with Crippen LogP contribution in [0.15, 0.2) is 11.6 Å². The normalized spacial score (nSPS) is 54.1. The van der Waals surface area contributed by atoms with Gasteiger partial charge in [-0.2, -0.15) is 0 Å². The van der Waals surface area contributed by atoms with Gasteiger partial charge in [0.05, 0.1) is 11.5 Å². The topological polar surface area (TPSA) is 77.8 Å². The highest BCUT2D eigenvalue weighted by molar-refractivity contribution is 5.74. The van der Waals surface area contributed by atoms with E-state index in [1.54, 1.807) is 0 Å². The van der Waals surface area contributed by atoms with Gasteiger partial charge in [-0.15, -0.1) is 0 Å². The molecule has 0 saturated heterocycles. The van der Waals surface area contributed by atoms with Crippen LogP contribution in [0, 0.1) is 50.2 Å². The molecular formula is C30H48O4. The van der Waals surface area contributed by atoms with E-state index >= 15 is 0 Å². The second-order valence-electron chi connectivity index (χ2n) is 14.8. The first-order valence-corrected chi connectivity index (χ1v) is 13.9. The van der Waals surface area contributed by atoms with Gasteiger partial charge in [0.15, 0.2) is 0 Å². The van der Waals surface area contributed by atoms with E-state index in [0.29, 0.717) is 24.7 Å². The van der Waals surface area contributed by atoms with Crippen LogP contribution in [0.25, 0.3) is 0 Å². The molecule has 34 heavy (non-hydrogen) atoms. The van der Waals surface area contributed by atoms with Crippen molar-refractivity contribution in [2.75, 3.05) is 6.61 Å². The van der Waals surface area contributed by atoms with Crippen LogP contribution in [0.3, 0.4) is 0 Å². The molecule has 4 fully saturated rings. The Morgan fingerprint density at radius 3 is 2.26 bits per heavy atom. The predicted molar refractivity (Wildman–Crippen MR) is 134 cm³/mol. The van der Waals surface area contributed by atoms with Crippen LogP contribution in [0.1, 0.15) is 106 Å². The number of rotatable bonds is 2. The lowest BCUT2D eigenvalue weighted by molar-refractivity contribution is -0.205. The molecular weight excluding hydrogens is 424 g/mol. The highest BCUT2D eigenvalue weighted by atomic mass is 16.4. The summed E-state index contributed by atoms with van der Waals surface area (Å²) in [5.41, 5.74) is 1.01. The van der Waals surface area contributed by atoms with Crippen molar-refractivity contribution in [2.45, 2.75) is 112 Å². The molecule has 0 radical (unpaired) electrons. The van der Waals surface area contributed by atoms with E-state index in [1.165, 1.54) is 18.4 Å². The number of aliphatic hydroxyl groups excluding tert-OH is 2. The van der Waals surface area contributed by atoms with Crippen molar-refractivity contribution in [3.63, 3.8) is 0 Å². The number of carboxylic acid groups (broad SMARTS) is 1. The molecule has 192 valence electrons. The van der Waals surface area contributed by atoms with Crippen LogP contribution >= 0.6 is 0 Å². The van der Waals surface area contributed by atoms with Crippen LogP contribution in [-0.4, -0.2) is 34.0 Å². The highest BCUT2D eigenvalue weighted by Gasteiger charge is 2.68. The summed E-state index contributed by atoms with van der Waals surface area (Å²) in [7, 11) is 0. The molecule has 5 aliphatic carbocycles. The maximum absolute atomic E-state index is 12.3. The number of aliphatic hydroxyl groups is 2. The predicted octanol–water partition coefficient (Wildman–Crippen LogP) is 6.21. The van der Waals surface area contributed by atoms with Crippen molar-refractivity contribution in [2.24, 2.45) is 50.2 Å². The Hall–Kier alpha value is -0.870. The molecule has 4 heteroatoms. The number of allylic oxidation sites excluding steroid dienone is 2. The molecule has 5 rings (SSSR count). The summed E-state index contributed by atoms with van der Waals surface area (Å²) in [4.78, 5) is 12.3. The van der Waals surface area contributed by atoms with Crippen molar-refractivity contribution < 1.29 is 20.1 Å². The lowest BCUT2D eigenvalue weighted by atomic mass is 9.33. The van der Waals surface area contributed by atoms with Crippen LogP contribution < -0.4 is 0 Å². The van der Waals surface area contributed by atoms with Crippen molar-refractivity contribution in [1.29, 1.82) is 0 Å². The molecule has 0 bridgehead atoms. The minimum atomic E-state index is -0.701. The van der Waals surface area contributed by atoms with E-state index in [4.69, 9.17) is 0 Å². The summed E-state index contributed by atoms with van der Waals surface area (Å²) >= 11 is 0. The Kier molecular flexibility index (Phi) is 5.36. The van der Waals surface area contributed by atoms with E-state index < -0.39 is 11.4 Å². The van der Waals surface area contributed by atoms with E-state index in [1.807, 2.05) is 6.92 Å². The molecule has 0 unspecified atom stereocenters. The Morgan fingerprint density at radius 2 is 1.62 bits per heavy atom. The number of hydrogen-bond donors (Lipinski definition) is 3. The molecule has 0 spiro atoms. The summed E-state index contributed by atoms with van der Waals surface area (Å²) < 4.78 is 0. The van der Waals surface area contributed by atoms with Gasteiger partial charge in [-0.1, -0.05) is 46.3 Å². The minimum absolute atomic E-state index is 0.0458. The Bertz CT molecular complexity index is 907. The fraction of sp³-hybridized carbons (Fsp3) is 0.900. The van der Waals surface area contributed by atoms with Crippen molar-refractivity contribution in [1.82, 2.24) is 0 Å². The molecule has 0 heterocycles. The maximum Gasteiger partial charge on any atom is 0.309 e. The average molecular weight is 473 g/mol. The van der Waals surface area contributed by atoms with Gasteiger partial charge < -0.3 is 15.3 Å². The number of carbonyl (C=O) groups is 1. The van der Waals surface area contributed by atoms with Gasteiger partial charge in [0.25, 0.3) is 0 Å². The second-order valence-corrected chi connectivity index (χ2v) is 14.8. The Labute approximate surface area is 206 Å². The van der Waals surface area contributed by atoms with Gasteiger partial charge in [0.1, 0.15) is 0 Å². The quantitative estimate of drug-likeness (QED) is 0.418. The summed E-state index contributed by atoms with van der Waals surface area (Å²) in [5, 5.41) is 31.6. The number of carboxylic acids is 1. The first kappa shape index (κ1) is 24.8. The molecule has 9 atom stereocenters. The standard InChI is InChI=1S/C30H48O4/c1-25(2)21-9-12-29(6)22(27(21,4)11-10-23(25)32)8-7-19-20-17-26(3,24(33)34)13-15-30(20,18-31)16-14-28(19,29)5/h7,20-23,31-32H,8-18H2,1-6H3,(H,33,34)/t20-,21-,22+,23+,26+,27-,28+,29+,30+/m0/s1. The molecule has 4 saturated carbocycles. The van der Waals surface area contributed by atoms with Crippen molar-refractivity contribution in [3.8, 4) is 0 Å². The van der Waals surface area contributed by atoms with Gasteiger partial charge in [-0.25, -0.2) is 0 Å². The lowest BCUT2D eigenvalue weighted by Crippen LogP contribution is -2.65. The van der Waals surface area contributed by atoms with Gasteiger partial charge in [-0.05, 0) is 111 Å². The molecule has 4 nitrogen and oxygen atoms in total. The third-order valence-electron chi connectivity index (χ3n) is 13.4. The zero-order valence-corrected chi connectivity index (χ0v) is 22.4. The third kappa shape index (κ3) is 2.88. The summed E-state index contributed by atoms with van der Waals surface area (Å²) in [6.07, 6.45) is 12.0. The van der Waals surface area contributed by atoms with E-state index in [-0.39, 0.29) is 45.7 Å². The molecule has 5 aliphatic rings. The minimum Gasteiger partial charge on any atom is -0.481 e. The molecule has 0 aromatic carbocycles.